The lowest BCUT2D eigenvalue weighted by molar-refractivity contribution is 0.272. The first-order valence-corrected chi connectivity index (χ1v) is 6.50. The Morgan fingerprint density at radius 3 is 2.17 bits per heavy atom. The van der Waals surface area contributed by atoms with Crippen molar-refractivity contribution in [3.05, 3.63) is 29.3 Å². The fourth-order valence-electron chi connectivity index (χ4n) is 2.04. The van der Waals surface area contributed by atoms with E-state index < -0.39 is 0 Å². The summed E-state index contributed by atoms with van der Waals surface area (Å²) in [6.07, 6.45) is 0. The number of hydrogen-bond donors (Lipinski definition) is 0. The van der Waals surface area contributed by atoms with E-state index >= 15 is 0 Å². The van der Waals surface area contributed by atoms with Gasteiger partial charge in [-0.1, -0.05) is 23.7 Å². The zero-order valence-electron chi connectivity index (χ0n) is 10.0. The van der Waals surface area contributed by atoms with Crippen LogP contribution in [0, 0.1) is 0 Å². The third-order valence-electron chi connectivity index (χ3n) is 2.97. The average Bonchev–Trinajstić information content (AvgIpc) is 2.31. The second-order valence-corrected chi connectivity index (χ2v) is 4.75. The normalized spacial score (nSPS) is 15.8. The molecule has 0 N–H and O–H groups in total. The monoisotopic (exact) mass is 330 g/mol. The van der Waals surface area contributed by atoms with E-state index in [9.17, 15) is 0 Å². The zero-order chi connectivity index (χ0) is 11.4. The van der Waals surface area contributed by atoms with Gasteiger partial charge in [0.25, 0.3) is 0 Å². The third kappa shape index (κ3) is 4.67. The van der Waals surface area contributed by atoms with Crippen LogP contribution in [0.1, 0.15) is 0 Å². The molecule has 1 heterocycles. The quantitative estimate of drug-likeness (QED) is 0.781. The number of anilines is 1. The van der Waals surface area contributed by atoms with Crippen LogP contribution in [0.3, 0.4) is 0 Å². The van der Waals surface area contributed by atoms with E-state index in [2.05, 4.69) is 15.9 Å². The molecule has 0 saturated carbocycles. The molecule has 0 radical (unpaired) electrons. The molecule has 1 aromatic carbocycles. The summed E-state index contributed by atoms with van der Waals surface area (Å²) in [5.74, 6) is 0.714. The van der Waals surface area contributed by atoms with Crippen molar-refractivity contribution in [3.8, 4) is 0 Å². The van der Waals surface area contributed by atoms with E-state index in [1.54, 1.807) is 0 Å². The SMILES string of the molecule is Cl.Cl.ClCCN1CCN(c2ccccc2Cl)CC1. The van der Waals surface area contributed by atoms with E-state index in [-0.39, 0.29) is 24.8 Å². The highest BCUT2D eigenvalue weighted by molar-refractivity contribution is 6.33. The number of para-hydroxylation sites is 1. The minimum absolute atomic E-state index is 0. The lowest BCUT2D eigenvalue weighted by Gasteiger charge is -2.36. The van der Waals surface area contributed by atoms with Gasteiger partial charge in [-0.3, -0.25) is 4.90 Å². The van der Waals surface area contributed by atoms with Gasteiger partial charge >= 0.3 is 0 Å². The predicted octanol–water partition coefficient (Wildman–Crippen LogP) is 3.54. The molecule has 1 saturated heterocycles. The molecule has 0 aliphatic carbocycles. The lowest BCUT2D eigenvalue weighted by atomic mass is 10.2. The first kappa shape index (κ1) is 18.1. The molecule has 2 rings (SSSR count). The summed E-state index contributed by atoms with van der Waals surface area (Å²) in [7, 11) is 0. The zero-order valence-corrected chi connectivity index (χ0v) is 13.2. The van der Waals surface area contributed by atoms with Gasteiger partial charge in [0.1, 0.15) is 0 Å². The Morgan fingerprint density at radius 2 is 1.61 bits per heavy atom. The van der Waals surface area contributed by atoms with Crippen molar-refractivity contribution in [2.75, 3.05) is 43.5 Å². The Kier molecular flexibility index (Phi) is 9.18. The topological polar surface area (TPSA) is 6.48 Å². The average molecular weight is 332 g/mol. The van der Waals surface area contributed by atoms with Crippen LogP contribution in [0.25, 0.3) is 0 Å². The number of nitrogens with zero attached hydrogens (tertiary/aromatic N) is 2. The van der Waals surface area contributed by atoms with Crippen LogP contribution in [-0.4, -0.2) is 43.5 Å². The summed E-state index contributed by atoms with van der Waals surface area (Å²) >= 11 is 11.9. The summed E-state index contributed by atoms with van der Waals surface area (Å²) < 4.78 is 0. The lowest BCUT2D eigenvalue weighted by Crippen LogP contribution is -2.47. The number of alkyl halides is 1. The smallest absolute Gasteiger partial charge is 0.0639 e. The summed E-state index contributed by atoms with van der Waals surface area (Å²) in [6, 6.07) is 8.03. The van der Waals surface area contributed by atoms with Crippen molar-refractivity contribution >= 4 is 53.7 Å². The number of hydrogen-bond acceptors (Lipinski definition) is 2. The van der Waals surface area contributed by atoms with Gasteiger partial charge in [0.05, 0.1) is 10.7 Å². The highest BCUT2D eigenvalue weighted by Crippen LogP contribution is 2.25. The summed E-state index contributed by atoms with van der Waals surface area (Å²) in [5.41, 5.74) is 1.15. The summed E-state index contributed by atoms with van der Waals surface area (Å²) in [6.45, 7) is 5.18. The minimum atomic E-state index is 0. The molecule has 1 aliphatic rings. The van der Waals surface area contributed by atoms with Crippen LogP contribution in [0.4, 0.5) is 5.69 Å². The molecule has 6 heteroatoms. The maximum atomic E-state index is 6.18. The van der Waals surface area contributed by atoms with Crippen molar-refractivity contribution in [3.63, 3.8) is 0 Å². The Morgan fingerprint density at radius 1 is 1.00 bits per heavy atom. The molecule has 2 nitrogen and oxygen atoms in total. The second-order valence-electron chi connectivity index (χ2n) is 3.97. The van der Waals surface area contributed by atoms with Crippen LogP contribution in [0.2, 0.25) is 5.02 Å². The van der Waals surface area contributed by atoms with Gasteiger partial charge in [-0.25, -0.2) is 0 Å². The van der Waals surface area contributed by atoms with Crippen molar-refractivity contribution in [2.24, 2.45) is 0 Å². The van der Waals surface area contributed by atoms with Crippen LogP contribution >= 0.6 is 48.0 Å². The molecule has 0 aromatic heterocycles. The van der Waals surface area contributed by atoms with Gasteiger partial charge in [-0.2, -0.15) is 0 Å². The molecule has 1 aliphatic heterocycles. The van der Waals surface area contributed by atoms with Crippen molar-refractivity contribution in [1.29, 1.82) is 0 Å². The molecule has 1 aromatic rings. The van der Waals surface area contributed by atoms with Crippen LogP contribution in [-0.2, 0) is 0 Å². The number of halogens is 4. The molecule has 0 atom stereocenters. The minimum Gasteiger partial charge on any atom is -0.368 e. The molecule has 104 valence electrons. The highest BCUT2D eigenvalue weighted by Gasteiger charge is 2.17. The Balaban J connectivity index is 0.00000144. The van der Waals surface area contributed by atoms with E-state index in [0.717, 1.165) is 43.4 Å². The van der Waals surface area contributed by atoms with Gasteiger partial charge in [-0.15, -0.1) is 36.4 Å². The van der Waals surface area contributed by atoms with Gasteiger partial charge in [0.15, 0.2) is 0 Å². The van der Waals surface area contributed by atoms with Gasteiger partial charge in [-0.05, 0) is 12.1 Å². The van der Waals surface area contributed by atoms with E-state index in [0.29, 0.717) is 5.88 Å². The largest absolute Gasteiger partial charge is 0.368 e. The van der Waals surface area contributed by atoms with Crippen molar-refractivity contribution in [1.82, 2.24) is 4.90 Å². The van der Waals surface area contributed by atoms with Crippen molar-refractivity contribution < 1.29 is 0 Å². The molecule has 18 heavy (non-hydrogen) atoms. The fraction of sp³-hybridized carbons (Fsp3) is 0.500. The molecule has 0 bridgehead atoms. The maximum Gasteiger partial charge on any atom is 0.0639 e. The summed E-state index contributed by atoms with van der Waals surface area (Å²) in [4.78, 5) is 4.73. The van der Waals surface area contributed by atoms with Crippen molar-refractivity contribution in [2.45, 2.75) is 0 Å². The Bertz CT molecular complexity index is 341. The van der Waals surface area contributed by atoms with Crippen LogP contribution in [0.5, 0.6) is 0 Å². The number of piperazine rings is 1. The standard InChI is InChI=1S/C12H16Cl2N2.2ClH/c13-5-6-15-7-9-16(10-8-15)12-4-2-1-3-11(12)14;;/h1-4H,5-10H2;2*1H. The molecular formula is C12H18Cl4N2. The predicted molar refractivity (Wildman–Crippen MR) is 85.3 cm³/mol. The first-order chi connectivity index (χ1) is 7.81. The highest BCUT2D eigenvalue weighted by atomic mass is 35.5. The third-order valence-corrected chi connectivity index (χ3v) is 3.45. The van der Waals surface area contributed by atoms with Gasteiger partial charge in [0, 0.05) is 38.6 Å². The van der Waals surface area contributed by atoms with E-state index in [1.165, 1.54) is 0 Å². The number of rotatable bonds is 3. The molecular weight excluding hydrogens is 314 g/mol. The van der Waals surface area contributed by atoms with Crippen LogP contribution in [0.15, 0.2) is 24.3 Å². The molecule has 1 fully saturated rings. The first-order valence-electron chi connectivity index (χ1n) is 5.59. The summed E-state index contributed by atoms with van der Waals surface area (Å²) in [5, 5.41) is 0.841. The van der Waals surface area contributed by atoms with Gasteiger partial charge < -0.3 is 4.90 Å². The Labute approximate surface area is 131 Å². The molecule has 0 unspecified atom stereocenters. The Hall–Kier alpha value is 0.140. The number of benzene rings is 1. The van der Waals surface area contributed by atoms with Gasteiger partial charge in [0.2, 0.25) is 0 Å². The fourth-order valence-corrected chi connectivity index (χ4v) is 2.53. The second kappa shape index (κ2) is 9.11. The molecule has 0 spiro atoms. The molecule has 0 amide bonds. The van der Waals surface area contributed by atoms with E-state index in [4.69, 9.17) is 23.2 Å². The van der Waals surface area contributed by atoms with Crippen LogP contribution < -0.4 is 4.90 Å². The maximum absolute atomic E-state index is 6.18. The van der Waals surface area contributed by atoms with E-state index in [1.807, 2.05) is 18.2 Å².